The number of anilines is 1. The summed E-state index contributed by atoms with van der Waals surface area (Å²) in [6.45, 7) is 3.62. The van der Waals surface area contributed by atoms with Gasteiger partial charge in [-0.2, -0.15) is 18.8 Å². The highest BCUT2D eigenvalue weighted by molar-refractivity contribution is 7.90. The normalized spacial score (nSPS) is 12.9. The van der Waals surface area contributed by atoms with E-state index in [0.717, 1.165) is 11.1 Å². The van der Waals surface area contributed by atoms with E-state index in [1.54, 1.807) is 44.3 Å². The smallest absolute Gasteiger partial charge is 0.333 e. The molecule has 12 heteroatoms. The number of aromatic nitrogens is 3. The number of amides is 2. The molecular formula is C22H22N6O5S. The van der Waals surface area contributed by atoms with Gasteiger partial charge in [0.1, 0.15) is 11.3 Å². The number of rotatable bonds is 6. The van der Waals surface area contributed by atoms with Crippen molar-refractivity contribution in [3.05, 3.63) is 48.3 Å². The van der Waals surface area contributed by atoms with Crippen LogP contribution in [0.3, 0.4) is 0 Å². The Kier molecular flexibility index (Phi) is 5.89. The Morgan fingerprint density at radius 1 is 1.29 bits per heavy atom. The Hall–Kier alpha value is -4.11. The fraction of sp³-hybridized carbons (Fsp3) is 0.273. The molecule has 0 bridgehead atoms. The minimum atomic E-state index is -4.29. The topological polar surface area (TPSA) is 148 Å². The van der Waals surface area contributed by atoms with Gasteiger partial charge in [0.05, 0.1) is 25.5 Å². The highest BCUT2D eigenvalue weighted by Crippen LogP contribution is 2.40. The number of sulfonamides is 1. The third-order valence-corrected chi connectivity index (χ3v) is 6.51. The minimum Gasteiger partial charge on any atom is -0.493 e. The van der Waals surface area contributed by atoms with Gasteiger partial charge in [0.2, 0.25) is 5.88 Å². The van der Waals surface area contributed by atoms with Gasteiger partial charge in [0, 0.05) is 36.0 Å². The first-order valence-corrected chi connectivity index (χ1v) is 11.7. The van der Waals surface area contributed by atoms with Crippen LogP contribution in [0.15, 0.2) is 47.8 Å². The summed E-state index contributed by atoms with van der Waals surface area (Å²) in [6.07, 6.45) is 3.48. The maximum atomic E-state index is 12.8. The highest BCUT2D eigenvalue weighted by Gasteiger charge is 2.27. The number of ether oxygens (including phenoxy) is 2. The van der Waals surface area contributed by atoms with Crippen molar-refractivity contribution in [2.45, 2.75) is 30.8 Å². The van der Waals surface area contributed by atoms with Gasteiger partial charge >= 0.3 is 6.03 Å². The van der Waals surface area contributed by atoms with Gasteiger partial charge in [-0.05, 0) is 43.7 Å². The number of nitrogens with one attached hydrogen (secondary N) is 2. The van der Waals surface area contributed by atoms with Crippen LogP contribution >= 0.6 is 0 Å². The molecule has 1 aliphatic rings. The molecule has 4 rings (SSSR count). The number of carbonyl (C=O) groups is 1. The van der Waals surface area contributed by atoms with Gasteiger partial charge in [0.15, 0.2) is 5.03 Å². The lowest BCUT2D eigenvalue weighted by atomic mass is 9.99. The predicted octanol–water partition coefficient (Wildman–Crippen LogP) is 2.66. The van der Waals surface area contributed by atoms with Gasteiger partial charge < -0.3 is 14.8 Å². The van der Waals surface area contributed by atoms with Crippen LogP contribution in [0.1, 0.15) is 19.4 Å². The summed E-state index contributed by atoms with van der Waals surface area (Å²) in [4.78, 5) is 16.9. The van der Waals surface area contributed by atoms with Crippen LogP contribution in [0, 0.1) is 11.3 Å². The molecule has 3 heterocycles. The average Bonchev–Trinajstić information content (AvgIpc) is 3.50. The van der Waals surface area contributed by atoms with Crippen LogP contribution in [0.25, 0.3) is 11.1 Å². The zero-order chi connectivity index (χ0) is 24.5. The summed E-state index contributed by atoms with van der Waals surface area (Å²) in [6, 6.07) is 9.32. The van der Waals surface area contributed by atoms with Gasteiger partial charge in [-0.3, -0.25) is 4.68 Å². The van der Waals surface area contributed by atoms with E-state index in [2.05, 4.69) is 15.4 Å². The average molecular weight is 483 g/mol. The molecule has 34 heavy (non-hydrogen) atoms. The molecule has 2 N–H and O–H groups in total. The predicted molar refractivity (Wildman–Crippen MR) is 122 cm³/mol. The van der Waals surface area contributed by atoms with E-state index in [1.165, 1.54) is 24.1 Å². The second kappa shape index (κ2) is 8.68. The second-order valence-corrected chi connectivity index (χ2v) is 9.61. The lowest BCUT2D eigenvalue weighted by Crippen LogP contribution is -2.35. The zero-order valence-corrected chi connectivity index (χ0v) is 19.5. The summed E-state index contributed by atoms with van der Waals surface area (Å²) in [5.74, 6) is 1.00. The molecule has 0 unspecified atom stereocenters. The van der Waals surface area contributed by atoms with Gasteiger partial charge in [-0.25, -0.2) is 14.5 Å². The summed E-state index contributed by atoms with van der Waals surface area (Å²) < 4.78 is 39.5. The zero-order valence-electron chi connectivity index (χ0n) is 18.7. The van der Waals surface area contributed by atoms with Crippen LogP contribution in [0.2, 0.25) is 0 Å². The number of carbonyl (C=O) groups excluding carboxylic acids is 1. The number of hydrogen-bond donors (Lipinski definition) is 2. The fourth-order valence-electron chi connectivity index (χ4n) is 3.47. The molecular weight excluding hydrogens is 460 g/mol. The Morgan fingerprint density at radius 2 is 2.09 bits per heavy atom. The van der Waals surface area contributed by atoms with E-state index in [0.29, 0.717) is 35.9 Å². The van der Waals surface area contributed by atoms with Crippen LogP contribution in [-0.2, 0) is 22.0 Å². The molecule has 0 atom stereocenters. The van der Waals surface area contributed by atoms with Crippen molar-refractivity contribution >= 4 is 21.7 Å². The fourth-order valence-corrected chi connectivity index (χ4v) is 4.31. The standard InChI is InChI=1S/C22H22N6O5S/c1-22(2,13-23)28-10-7-19(26-28)34(30,31)27-21(29)25-20-15(4-5-17-16(20)8-11-33-17)14-6-9-24-18(12-14)32-3/h4-7,9-10,12H,8,11H2,1-3H3,(H2,25,27,29). The number of methoxy groups -OCH3 is 1. The van der Waals surface area contributed by atoms with Crippen molar-refractivity contribution in [3.63, 3.8) is 0 Å². The molecule has 0 saturated heterocycles. The Morgan fingerprint density at radius 3 is 2.82 bits per heavy atom. The number of hydrogen-bond acceptors (Lipinski definition) is 8. The van der Waals surface area contributed by atoms with Crippen LogP contribution in [0.4, 0.5) is 10.5 Å². The third kappa shape index (κ3) is 4.38. The van der Waals surface area contributed by atoms with E-state index >= 15 is 0 Å². The molecule has 176 valence electrons. The van der Waals surface area contributed by atoms with Crippen molar-refractivity contribution in [1.82, 2.24) is 19.5 Å². The summed E-state index contributed by atoms with van der Waals surface area (Å²) in [7, 11) is -2.79. The lowest BCUT2D eigenvalue weighted by molar-refractivity contribution is 0.256. The maximum Gasteiger partial charge on any atom is 0.333 e. The van der Waals surface area contributed by atoms with E-state index < -0.39 is 21.6 Å². The second-order valence-electron chi connectivity index (χ2n) is 7.98. The Labute approximate surface area is 196 Å². The van der Waals surface area contributed by atoms with Crippen molar-refractivity contribution in [3.8, 4) is 28.8 Å². The minimum absolute atomic E-state index is 0.383. The molecule has 0 radical (unpaired) electrons. The van der Waals surface area contributed by atoms with E-state index in [1.807, 2.05) is 10.8 Å². The third-order valence-electron chi connectivity index (χ3n) is 5.29. The molecule has 1 aromatic carbocycles. The molecule has 0 fully saturated rings. The summed E-state index contributed by atoms with van der Waals surface area (Å²) in [5, 5.41) is 15.5. The van der Waals surface area contributed by atoms with Crippen LogP contribution in [-0.4, -0.2) is 42.9 Å². The number of nitrogens with zero attached hydrogens (tertiary/aromatic N) is 4. The molecule has 0 aliphatic carbocycles. The first kappa shape index (κ1) is 23.1. The van der Waals surface area contributed by atoms with Crippen molar-refractivity contribution in [2.75, 3.05) is 19.0 Å². The SMILES string of the molecule is COc1cc(-c2ccc3c(c2NC(=O)NS(=O)(=O)c2ccn(C(C)(C)C#N)n2)CCO3)ccn1. The first-order valence-electron chi connectivity index (χ1n) is 10.2. The van der Waals surface area contributed by atoms with Crippen LogP contribution < -0.4 is 19.5 Å². The van der Waals surface area contributed by atoms with Crippen molar-refractivity contribution in [2.24, 2.45) is 0 Å². The quantitative estimate of drug-likeness (QED) is 0.545. The maximum absolute atomic E-state index is 12.8. The van der Waals surface area contributed by atoms with Crippen molar-refractivity contribution < 1.29 is 22.7 Å². The summed E-state index contributed by atoms with van der Waals surface area (Å²) >= 11 is 0. The van der Waals surface area contributed by atoms with Gasteiger partial charge in [-0.1, -0.05) is 0 Å². The number of benzene rings is 1. The van der Waals surface area contributed by atoms with E-state index in [-0.39, 0.29) is 5.03 Å². The molecule has 11 nitrogen and oxygen atoms in total. The van der Waals surface area contributed by atoms with Gasteiger partial charge in [0.25, 0.3) is 10.0 Å². The number of nitriles is 1. The Bertz CT molecular complexity index is 1410. The van der Waals surface area contributed by atoms with Crippen molar-refractivity contribution in [1.29, 1.82) is 5.26 Å². The molecule has 2 amide bonds. The highest BCUT2D eigenvalue weighted by atomic mass is 32.2. The number of pyridine rings is 1. The lowest BCUT2D eigenvalue weighted by Gasteiger charge is -2.16. The molecule has 0 saturated carbocycles. The number of urea groups is 1. The monoisotopic (exact) mass is 482 g/mol. The Balaban J connectivity index is 1.63. The summed E-state index contributed by atoms with van der Waals surface area (Å²) in [5.41, 5.74) is 1.49. The number of fused-ring (bicyclic) bond motifs is 1. The van der Waals surface area contributed by atoms with Gasteiger partial charge in [-0.15, -0.1) is 0 Å². The molecule has 1 aliphatic heterocycles. The molecule has 0 spiro atoms. The largest absolute Gasteiger partial charge is 0.493 e. The molecule has 3 aromatic rings. The van der Waals surface area contributed by atoms with E-state index in [4.69, 9.17) is 9.47 Å². The molecule has 2 aromatic heterocycles. The van der Waals surface area contributed by atoms with Crippen LogP contribution in [0.5, 0.6) is 11.6 Å². The first-order chi connectivity index (χ1) is 16.1. The van der Waals surface area contributed by atoms with E-state index in [9.17, 15) is 18.5 Å².